The van der Waals surface area contributed by atoms with Crippen molar-refractivity contribution in [3.63, 3.8) is 0 Å². The number of halogens is 1. The molecule has 0 aliphatic carbocycles. The molecule has 0 N–H and O–H groups in total. The largest absolute Gasteiger partial charge is 0.496 e. The van der Waals surface area contributed by atoms with Crippen LogP contribution in [-0.2, 0) is 0 Å². The van der Waals surface area contributed by atoms with Crippen LogP contribution in [0.4, 0.5) is 5.82 Å². The lowest BCUT2D eigenvalue weighted by atomic mass is 10.1. The fourth-order valence-corrected chi connectivity index (χ4v) is 3.28. The number of anilines is 1. The molecule has 1 amide bonds. The minimum Gasteiger partial charge on any atom is -0.496 e. The Hall–Kier alpha value is -2.27. The maximum Gasteiger partial charge on any atom is 0.257 e. The summed E-state index contributed by atoms with van der Waals surface area (Å²) in [5, 5.41) is 0.545. The summed E-state index contributed by atoms with van der Waals surface area (Å²) in [7, 11) is 1.58. The van der Waals surface area contributed by atoms with Crippen LogP contribution >= 0.6 is 11.6 Å². The van der Waals surface area contributed by atoms with Gasteiger partial charge in [0.25, 0.3) is 5.91 Å². The van der Waals surface area contributed by atoms with Crippen LogP contribution in [0.1, 0.15) is 15.9 Å². The van der Waals surface area contributed by atoms with Crippen molar-refractivity contribution >= 4 is 23.3 Å². The van der Waals surface area contributed by atoms with Crippen molar-refractivity contribution in [1.82, 2.24) is 9.88 Å². The molecule has 1 aliphatic rings. The van der Waals surface area contributed by atoms with E-state index in [0.717, 1.165) is 24.5 Å². The fourth-order valence-electron chi connectivity index (χ4n) is 3.01. The molecule has 1 aromatic carbocycles. The van der Waals surface area contributed by atoms with Gasteiger partial charge in [-0.15, -0.1) is 0 Å². The van der Waals surface area contributed by atoms with Gasteiger partial charge in [-0.2, -0.15) is 0 Å². The molecule has 0 atom stereocenters. The first-order valence-electron chi connectivity index (χ1n) is 7.89. The van der Waals surface area contributed by atoms with E-state index < -0.39 is 0 Å². The summed E-state index contributed by atoms with van der Waals surface area (Å²) in [6.07, 6.45) is 1.78. The third-order valence-corrected chi connectivity index (χ3v) is 4.43. The van der Waals surface area contributed by atoms with Crippen molar-refractivity contribution in [3.8, 4) is 5.75 Å². The molecule has 1 aromatic heterocycles. The third-order valence-electron chi connectivity index (χ3n) is 4.21. The van der Waals surface area contributed by atoms with Crippen molar-refractivity contribution in [2.45, 2.75) is 6.92 Å². The molecule has 1 fully saturated rings. The number of hydrogen-bond acceptors (Lipinski definition) is 4. The molecule has 0 unspecified atom stereocenters. The Bertz CT molecular complexity index is 729. The first-order chi connectivity index (χ1) is 11.6. The summed E-state index contributed by atoms with van der Waals surface area (Å²) in [6, 6.07) is 9.34. The number of carbonyl (C=O) groups excluding carboxylic acids is 1. The Balaban J connectivity index is 1.74. The average Bonchev–Trinajstić information content (AvgIpc) is 2.61. The summed E-state index contributed by atoms with van der Waals surface area (Å²) in [5.74, 6) is 1.50. The number of methoxy groups -OCH3 is 1. The van der Waals surface area contributed by atoms with Gasteiger partial charge in [0.2, 0.25) is 0 Å². The molecule has 2 heterocycles. The van der Waals surface area contributed by atoms with Gasteiger partial charge in [0.15, 0.2) is 0 Å². The maximum absolute atomic E-state index is 12.9. The molecule has 3 rings (SSSR count). The highest BCUT2D eigenvalue weighted by Gasteiger charge is 2.25. The van der Waals surface area contributed by atoms with Crippen molar-refractivity contribution in [2.75, 3.05) is 38.2 Å². The number of ether oxygens (including phenoxy) is 1. The van der Waals surface area contributed by atoms with E-state index in [1.165, 1.54) is 0 Å². The summed E-state index contributed by atoms with van der Waals surface area (Å²) in [6.45, 7) is 4.68. The molecule has 1 aliphatic heterocycles. The minimum atomic E-state index is -0.0434. The van der Waals surface area contributed by atoms with E-state index in [2.05, 4.69) is 9.88 Å². The van der Waals surface area contributed by atoms with Crippen LogP contribution in [0.15, 0.2) is 36.5 Å². The highest BCUT2D eigenvalue weighted by atomic mass is 35.5. The number of rotatable bonds is 3. The zero-order chi connectivity index (χ0) is 17.1. The molecule has 24 heavy (non-hydrogen) atoms. The topological polar surface area (TPSA) is 45.7 Å². The number of piperazine rings is 1. The number of pyridine rings is 1. The van der Waals surface area contributed by atoms with E-state index in [9.17, 15) is 4.79 Å². The molecule has 0 spiro atoms. The molecule has 126 valence electrons. The molecule has 0 radical (unpaired) electrons. The van der Waals surface area contributed by atoms with E-state index in [-0.39, 0.29) is 5.91 Å². The van der Waals surface area contributed by atoms with Crippen molar-refractivity contribution < 1.29 is 9.53 Å². The number of amides is 1. The fraction of sp³-hybridized carbons (Fsp3) is 0.333. The lowest BCUT2D eigenvalue weighted by Gasteiger charge is -2.35. The molecule has 2 aromatic rings. The van der Waals surface area contributed by atoms with Crippen LogP contribution in [0.2, 0.25) is 5.02 Å². The van der Waals surface area contributed by atoms with Gasteiger partial charge in [0, 0.05) is 37.4 Å². The normalized spacial score (nSPS) is 14.6. The van der Waals surface area contributed by atoms with Gasteiger partial charge in [-0.3, -0.25) is 4.79 Å². The Morgan fingerprint density at radius 1 is 1.21 bits per heavy atom. The molecule has 0 saturated carbocycles. The number of hydrogen-bond donors (Lipinski definition) is 0. The van der Waals surface area contributed by atoms with Crippen molar-refractivity contribution in [3.05, 3.63) is 52.7 Å². The van der Waals surface area contributed by atoms with E-state index in [4.69, 9.17) is 16.3 Å². The molecule has 0 bridgehead atoms. The number of aryl methyl sites for hydroxylation is 1. The third kappa shape index (κ3) is 3.31. The van der Waals surface area contributed by atoms with Gasteiger partial charge >= 0.3 is 0 Å². The number of nitrogens with zero attached hydrogens (tertiary/aromatic N) is 3. The quantitative estimate of drug-likeness (QED) is 0.858. The lowest BCUT2D eigenvalue weighted by molar-refractivity contribution is 0.0743. The number of carbonyl (C=O) groups is 1. The summed E-state index contributed by atoms with van der Waals surface area (Å²) >= 11 is 6.12. The lowest BCUT2D eigenvalue weighted by Crippen LogP contribution is -2.49. The van der Waals surface area contributed by atoms with E-state index in [1.807, 2.05) is 30.0 Å². The van der Waals surface area contributed by atoms with E-state index in [0.29, 0.717) is 29.4 Å². The molecule has 5 nitrogen and oxygen atoms in total. The second kappa shape index (κ2) is 7.09. The van der Waals surface area contributed by atoms with Crippen molar-refractivity contribution in [2.24, 2.45) is 0 Å². The second-order valence-electron chi connectivity index (χ2n) is 5.77. The van der Waals surface area contributed by atoms with Crippen LogP contribution in [0.3, 0.4) is 0 Å². The zero-order valence-electron chi connectivity index (χ0n) is 13.8. The van der Waals surface area contributed by atoms with Gasteiger partial charge in [0.05, 0.1) is 12.7 Å². The SMILES string of the molecule is COc1c(C)cc(Cl)cc1C(=O)N1CCN(c2ccccn2)CC1. The van der Waals surface area contributed by atoms with Gasteiger partial charge in [-0.25, -0.2) is 4.98 Å². The second-order valence-corrected chi connectivity index (χ2v) is 6.21. The average molecular weight is 346 g/mol. The molecular formula is C18H20ClN3O2. The van der Waals surface area contributed by atoms with E-state index in [1.54, 1.807) is 25.4 Å². The minimum absolute atomic E-state index is 0.0434. The van der Waals surface area contributed by atoms with Crippen LogP contribution in [0.5, 0.6) is 5.75 Å². The molecule has 6 heteroatoms. The van der Waals surface area contributed by atoms with Gasteiger partial charge in [0.1, 0.15) is 11.6 Å². The highest BCUT2D eigenvalue weighted by molar-refractivity contribution is 6.31. The Kier molecular flexibility index (Phi) is 4.90. The van der Waals surface area contributed by atoms with Crippen LogP contribution in [0.25, 0.3) is 0 Å². The van der Waals surface area contributed by atoms with Crippen molar-refractivity contribution in [1.29, 1.82) is 0 Å². The van der Waals surface area contributed by atoms with Gasteiger partial charge < -0.3 is 14.5 Å². The standard InChI is InChI=1S/C18H20ClN3O2/c1-13-11-14(19)12-15(17(13)24-2)18(23)22-9-7-21(8-10-22)16-5-3-4-6-20-16/h3-6,11-12H,7-10H2,1-2H3. The summed E-state index contributed by atoms with van der Waals surface area (Å²) in [5.41, 5.74) is 1.38. The predicted octanol–water partition coefficient (Wildman–Crippen LogP) is 3.01. The molecule has 1 saturated heterocycles. The maximum atomic E-state index is 12.9. The smallest absolute Gasteiger partial charge is 0.257 e. The highest BCUT2D eigenvalue weighted by Crippen LogP contribution is 2.29. The van der Waals surface area contributed by atoms with Gasteiger partial charge in [-0.1, -0.05) is 17.7 Å². The van der Waals surface area contributed by atoms with E-state index >= 15 is 0 Å². The zero-order valence-corrected chi connectivity index (χ0v) is 14.6. The first kappa shape index (κ1) is 16.6. The summed E-state index contributed by atoms with van der Waals surface area (Å²) in [4.78, 5) is 21.3. The summed E-state index contributed by atoms with van der Waals surface area (Å²) < 4.78 is 5.41. The number of benzene rings is 1. The molecular weight excluding hydrogens is 326 g/mol. The van der Waals surface area contributed by atoms with Crippen LogP contribution in [0, 0.1) is 6.92 Å². The van der Waals surface area contributed by atoms with Crippen LogP contribution < -0.4 is 9.64 Å². The van der Waals surface area contributed by atoms with Gasteiger partial charge in [-0.05, 0) is 36.8 Å². The Labute approximate surface area is 146 Å². The Morgan fingerprint density at radius 3 is 2.58 bits per heavy atom. The monoisotopic (exact) mass is 345 g/mol. The number of aromatic nitrogens is 1. The van der Waals surface area contributed by atoms with Crippen LogP contribution in [-0.4, -0.2) is 49.1 Å². The Morgan fingerprint density at radius 2 is 1.96 bits per heavy atom. The predicted molar refractivity (Wildman–Crippen MR) is 95.1 cm³/mol. The first-order valence-corrected chi connectivity index (χ1v) is 8.27.